The van der Waals surface area contributed by atoms with Gasteiger partial charge in [0.15, 0.2) is 0 Å². The summed E-state index contributed by atoms with van der Waals surface area (Å²) in [5.74, 6) is -0.971. The molecule has 1 unspecified atom stereocenters. The Labute approximate surface area is 153 Å². The normalized spacial score (nSPS) is 16.7. The van der Waals surface area contributed by atoms with Crippen LogP contribution in [0.15, 0.2) is 47.1 Å². The first-order valence-electron chi connectivity index (χ1n) is 8.60. The molecule has 0 radical (unpaired) electrons. The predicted molar refractivity (Wildman–Crippen MR) is 91.3 cm³/mol. The van der Waals surface area contributed by atoms with Gasteiger partial charge >= 0.3 is 0 Å². The Bertz CT molecular complexity index is 961. The number of carbonyl (C=O) groups excluding carboxylic acids is 1. The van der Waals surface area contributed by atoms with Crippen molar-refractivity contribution in [1.82, 2.24) is 20.0 Å². The van der Waals surface area contributed by atoms with Crippen LogP contribution in [0.25, 0.3) is 11.5 Å². The minimum atomic E-state index is -0.727. The van der Waals surface area contributed by atoms with Crippen LogP contribution < -0.4 is 0 Å². The van der Waals surface area contributed by atoms with Crippen LogP contribution >= 0.6 is 0 Å². The van der Waals surface area contributed by atoms with E-state index in [-0.39, 0.29) is 23.9 Å². The maximum absolute atomic E-state index is 13.9. The van der Waals surface area contributed by atoms with E-state index in [1.54, 1.807) is 23.2 Å². The third kappa shape index (κ3) is 3.55. The van der Waals surface area contributed by atoms with Gasteiger partial charge < -0.3 is 9.42 Å². The number of nitrogens with zero attached hydrogens (tertiary/aromatic N) is 4. The number of amides is 1. The van der Waals surface area contributed by atoms with Gasteiger partial charge in [0.2, 0.25) is 17.6 Å². The molecule has 138 valence electrons. The maximum Gasteiger partial charge on any atom is 0.249 e. The van der Waals surface area contributed by atoms with E-state index in [0.717, 1.165) is 18.6 Å². The van der Waals surface area contributed by atoms with Crippen LogP contribution in [0.5, 0.6) is 0 Å². The minimum absolute atomic E-state index is 0.149. The number of rotatable bonds is 4. The van der Waals surface area contributed by atoms with Gasteiger partial charge in [0, 0.05) is 18.8 Å². The van der Waals surface area contributed by atoms with Gasteiger partial charge in [0.05, 0.1) is 6.42 Å². The topological polar surface area (TPSA) is 72.1 Å². The van der Waals surface area contributed by atoms with Gasteiger partial charge in [-0.3, -0.25) is 9.78 Å². The Morgan fingerprint density at radius 2 is 2.15 bits per heavy atom. The van der Waals surface area contributed by atoms with Gasteiger partial charge in [-0.25, -0.2) is 8.78 Å². The van der Waals surface area contributed by atoms with Gasteiger partial charge in [-0.05, 0) is 36.6 Å². The molecule has 1 saturated heterocycles. The highest BCUT2D eigenvalue weighted by atomic mass is 19.1. The van der Waals surface area contributed by atoms with Crippen molar-refractivity contribution in [3.8, 4) is 11.5 Å². The highest BCUT2D eigenvalue weighted by molar-refractivity contribution is 5.79. The van der Waals surface area contributed by atoms with Crippen molar-refractivity contribution in [2.24, 2.45) is 0 Å². The number of aromatic nitrogens is 3. The Hall–Kier alpha value is -3.16. The second-order valence-corrected chi connectivity index (χ2v) is 6.33. The van der Waals surface area contributed by atoms with Crippen molar-refractivity contribution in [2.75, 3.05) is 6.54 Å². The Morgan fingerprint density at radius 1 is 1.26 bits per heavy atom. The minimum Gasteiger partial charge on any atom is -0.337 e. The molecule has 4 rings (SSSR count). The zero-order valence-corrected chi connectivity index (χ0v) is 14.3. The van der Waals surface area contributed by atoms with Gasteiger partial charge in [-0.1, -0.05) is 17.3 Å². The van der Waals surface area contributed by atoms with E-state index < -0.39 is 11.6 Å². The van der Waals surface area contributed by atoms with Crippen LogP contribution in [0.2, 0.25) is 0 Å². The quantitative estimate of drug-likeness (QED) is 0.705. The highest BCUT2D eigenvalue weighted by Crippen LogP contribution is 2.32. The molecule has 1 amide bonds. The molecule has 1 aromatic carbocycles. The molecule has 0 aliphatic carbocycles. The highest BCUT2D eigenvalue weighted by Gasteiger charge is 2.34. The lowest BCUT2D eigenvalue weighted by atomic mass is 10.1. The van der Waals surface area contributed by atoms with Crippen LogP contribution in [0, 0.1) is 11.6 Å². The molecule has 1 aliphatic heterocycles. The first-order chi connectivity index (χ1) is 13.1. The summed E-state index contributed by atoms with van der Waals surface area (Å²) < 4.78 is 32.2. The van der Waals surface area contributed by atoms with Crippen molar-refractivity contribution in [3.63, 3.8) is 0 Å². The molecule has 0 saturated carbocycles. The summed E-state index contributed by atoms with van der Waals surface area (Å²) in [5, 5.41) is 3.94. The molecule has 27 heavy (non-hydrogen) atoms. The number of hydrogen-bond acceptors (Lipinski definition) is 5. The molecule has 6 nitrogen and oxygen atoms in total. The van der Waals surface area contributed by atoms with Gasteiger partial charge in [0.1, 0.15) is 23.4 Å². The molecule has 8 heteroatoms. The molecular formula is C19H16F2N4O2. The summed E-state index contributed by atoms with van der Waals surface area (Å²) in [5.41, 5.74) is 0.739. The lowest BCUT2D eigenvalue weighted by molar-refractivity contribution is -0.131. The fourth-order valence-corrected chi connectivity index (χ4v) is 3.22. The number of likely N-dealkylation sites (tertiary alicyclic amines) is 1. The standard InChI is InChI=1S/C19H16F2N4O2/c20-13-7-6-12(14(21)11-13)10-17(26)25-9-3-5-16(25)19-23-18(24-27-19)15-4-1-2-8-22-15/h1-2,4,6-8,11,16H,3,5,9-10H2. The van der Waals surface area contributed by atoms with E-state index in [4.69, 9.17) is 4.52 Å². The molecule has 3 heterocycles. The number of pyridine rings is 1. The molecule has 2 aromatic heterocycles. The van der Waals surface area contributed by atoms with Crippen LogP contribution in [0.1, 0.15) is 30.3 Å². The fourth-order valence-electron chi connectivity index (χ4n) is 3.22. The van der Waals surface area contributed by atoms with Crippen molar-refractivity contribution in [3.05, 3.63) is 65.7 Å². The summed E-state index contributed by atoms with van der Waals surface area (Å²) >= 11 is 0. The monoisotopic (exact) mass is 370 g/mol. The predicted octanol–water partition coefficient (Wildman–Crippen LogP) is 3.32. The molecule has 0 bridgehead atoms. The first-order valence-corrected chi connectivity index (χ1v) is 8.60. The average molecular weight is 370 g/mol. The van der Waals surface area contributed by atoms with Crippen molar-refractivity contribution < 1.29 is 18.1 Å². The third-order valence-electron chi connectivity index (χ3n) is 4.55. The SMILES string of the molecule is O=C(Cc1ccc(F)cc1F)N1CCCC1c1nc(-c2ccccn2)no1. The van der Waals surface area contributed by atoms with Crippen LogP contribution in [-0.4, -0.2) is 32.5 Å². The number of halogens is 2. The Morgan fingerprint density at radius 3 is 2.93 bits per heavy atom. The van der Waals surface area contributed by atoms with E-state index in [1.807, 2.05) is 6.07 Å². The molecule has 1 aliphatic rings. The maximum atomic E-state index is 13.9. The van der Waals surface area contributed by atoms with Crippen molar-refractivity contribution in [1.29, 1.82) is 0 Å². The third-order valence-corrected chi connectivity index (χ3v) is 4.55. The average Bonchev–Trinajstić information content (AvgIpc) is 3.33. The fraction of sp³-hybridized carbons (Fsp3) is 0.263. The van der Waals surface area contributed by atoms with E-state index in [1.165, 1.54) is 6.07 Å². The smallest absolute Gasteiger partial charge is 0.249 e. The molecule has 1 atom stereocenters. The zero-order chi connectivity index (χ0) is 18.8. The summed E-state index contributed by atoms with van der Waals surface area (Å²) in [6, 6.07) is 8.23. The van der Waals surface area contributed by atoms with E-state index in [0.29, 0.717) is 30.4 Å². The summed E-state index contributed by atoms with van der Waals surface area (Å²) in [7, 11) is 0. The second-order valence-electron chi connectivity index (χ2n) is 6.33. The molecule has 3 aromatic rings. The van der Waals surface area contributed by atoms with Crippen molar-refractivity contribution >= 4 is 5.91 Å². The number of hydrogen-bond donors (Lipinski definition) is 0. The Balaban J connectivity index is 1.52. The second kappa shape index (κ2) is 7.22. The lowest BCUT2D eigenvalue weighted by Gasteiger charge is -2.22. The van der Waals surface area contributed by atoms with E-state index in [9.17, 15) is 13.6 Å². The van der Waals surface area contributed by atoms with Gasteiger partial charge in [-0.2, -0.15) is 4.98 Å². The molecular weight excluding hydrogens is 354 g/mol. The molecule has 1 fully saturated rings. The van der Waals surface area contributed by atoms with Crippen LogP contribution in [0.4, 0.5) is 8.78 Å². The van der Waals surface area contributed by atoms with Gasteiger partial charge in [0.25, 0.3) is 0 Å². The van der Waals surface area contributed by atoms with Crippen LogP contribution in [-0.2, 0) is 11.2 Å². The summed E-state index contributed by atoms with van der Waals surface area (Å²) in [6.07, 6.45) is 2.95. The summed E-state index contributed by atoms with van der Waals surface area (Å²) in [6.45, 7) is 0.521. The number of benzene rings is 1. The van der Waals surface area contributed by atoms with Crippen molar-refractivity contribution in [2.45, 2.75) is 25.3 Å². The van der Waals surface area contributed by atoms with E-state index in [2.05, 4.69) is 15.1 Å². The Kier molecular flexibility index (Phi) is 4.62. The largest absolute Gasteiger partial charge is 0.337 e. The zero-order valence-electron chi connectivity index (χ0n) is 14.3. The summed E-state index contributed by atoms with van der Waals surface area (Å²) in [4.78, 5) is 22.8. The lowest BCUT2D eigenvalue weighted by Crippen LogP contribution is -2.32. The van der Waals surface area contributed by atoms with Crippen LogP contribution in [0.3, 0.4) is 0 Å². The molecule has 0 spiro atoms. The molecule has 0 N–H and O–H groups in total. The first kappa shape index (κ1) is 17.3. The number of carbonyl (C=O) groups is 1. The van der Waals surface area contributed by atoms with Gasteiger partial charge in [-0.15, -0.1) is 0 Å². The van der Waals surface area contributed by atoms with E-state index >= 15 is 0 Å².